The number of carboxylic acid groups (broad SMARTS) is 1. The van der Waals surface area contributed by atoms with Crippen molar-refractivity contribution in [1.29, 1.82) is 5.26 Å². The third-order valence-electron chi connectivity index (χ3n) is 3.67. The summed E-state index contributed by atoms with van der Waals surface area (Å²) in [5, 5.41) is 23.6. The van der Waals surface area contributed by atoms with Crippen molar-refractivity contribution >= 4 is 11.9 Å². The number of carboxylic acids is 1. The lowest BCUT2D eigenvalue weighted by Crippen LogP contribution is -2.38. The molecule has 0 bridgehead atoms. The van der Waals surface area contributed by atoms with Crippen LogP contribution in [0.4, 0.5) is 0 Å². The van der Waals surface area contributed by atoms with Gasteiger partial charge in [0, 0.05) is 6.20 Å². The quantitative estimate of drug-likeness (QED) is 0.491. The number of carbonyl (C=O) groups excluding carboxylic acids is 1. The SMILES string of the molecule is COc1ccc(C(C)NC(=O)/C(C#N)=C\NC(C(=O)O)C(C)C)cc1. The van der Waals surface area contributed by atoms with Gasteiger partial charge in [-0.1, -0.05) is 26.0 Å². The predicted molar refractivity (Wildman–Crippen MR) is 92.6 cm³/mol. The van der Waals surface area contributed by atoms with Gasteiger partial charge in [-0.2, -0.15) is 5.26 Å². The van der Waals surface area contributed by atoms with Gasteiger partial charge in [-0.05, 0) is 30.5 Å². The molecule has 0 aliphatic carbocycles. The molecule has 0 saturated carbocycles. The maximum atomic E-state index is 12.2. The van der Waals surface area contributed by atoms with Gasteiger partial charge in [0.25, 0.3) is 5.91 Å². The van der Waals surface area contributed by atoms with E-state index < -0.39 is 17.9 Å². The van der Waals surface area contributed by atoms with Crippen LogP contribution in [0.3, 0.4) is 0 Å². The lowest BCUT2D eigenvalue weighted by atomic mass is 10.0. The van der Waals surface area contributed by atoms with Crippen LogP contribution in [0.5, 0.6) is 5.75 Å². The first-order valence-corrected chi connectivity index (χ1v) is 7.84. The van der Waals surface area contributed by atoms with Crippen molar-refractivity contribution < 1.29 is 19.4 Å². The van der Waals surface area contributed by atoms with Gasteiger partial charge in [-0.15, -0.1) is 0 Å². The second-order valence-corrected chi connectivity index (χ2v) is 5.86. The number of hydrogen-bond donors (Lipinski definition) is 3. The van der Waals surface area contributed by atoms with E-state index in [0.29, 0.717) is 5.75 Å². The number of aliphatic carboxylic acids is 1. The summed E-state index contributed by atoms with van der Waals surface area (Å²) in [7, 11) is 1.57. The van der Waals surface area contributed by atoms with Gasteiger partial charge in [0.15, 0.2) is 0 Å². The van der Waals surface area contributed by atoms with E-state index in [1.807, 2.05) is 12.1 Å². The average Bonchev–Trinajstić information content (AvgIpc) is 2.57. The lowest BCUT2D eigenvalue weighted by Gasteiger charge is -2.17. The Morgan fingerprint density at radius 2 is 1.84 bits per heavy atom. The highest BCUT2D eigenvalue weighted by Crippen LogP contribution is 2.17. The largest absolute Gasteiger partial charge is 0.497 e. The number of amides is 1. The van der Waals surface area contributed by atoms with Crippen molar-refractivity contribution in [1.82, 2.24) is 10.6 Å². The van der Waals surface area contributed by atoms with Crippen molar-refractivity contribution in [3.05, 3.63) is 41.6 Å². The molecule has 1 aromatic carbocycles. The summed E-state index contributed by atoms with van der Waals surface area (Å²) >= 11 is 0. The fourth-order valence-electron chi connectivity index (χ4n) is 2.12. The molecule has 0 aromatic heterocycles. The Morgan fingerprint density at radius 3 is 2.28 bits per heavy atom. The van der Waals surface area contributed by atoms with E-state index in [4.69, 9.17) is 15.1 Å². The van der Waals surface area contributed by atoms with Crippen molar-refractivity contribution in [2.24, 2.45) is 5.92 Å². The number of hydrogen-bond acceptors (Lipinski definition) is 5. The molecule has 1 rings (SSSR count). The first kappa shape index (κ1) is 20.0. The number of benzene rings is 1. The molecular formula is C18H23N3O4. The zero-order valence-corrected chi connectivity index (χ0v) is 14.7. The molecule has 0 spiro atoms. The summed E-state index contributed by atoms with van der Waals surface area (Å²) in [6.07, 6.45) is 1.15. The number of ether oxygens (including phenoxy) is 1. The molecule has 7 nitrogen and oxygen atoms in total. The zero-order chi connectivity index (χ0) is 19.0. The van der Waals surface area contributed by atoms with Crippen molar-refractivity contribution in [2.75, 3.05) is 7.11 Å². The maximum absolute atomic E-state index is 12.2. The van der Waals surface area contributed by atoms with Crippen molar-refractivity contribution in [3.8, 4) is 11.8 Å². The van der Waals surface area contributed by atoms with Crippen LogP contribution in [0.15, 0.2) is 36.0 Å². The third-order valence-corrected chi connectivity index (χ3v) is 3.67. The number of carbonyl (C=O) groups is 2. The normalized spacial score (nSPS) is 13.5. The Hall–Kier alpha value is -3.01. The third kappa shape index (κ3) is 5.84. The van der Waals surface area contributed by atoms with Crippen LogP contribution in [-0.2, 0) is 9.59 Å². The van der Waals surface area contributed by atoms with E-state index in [9.17, 15) is 9.59 Å². The Balaban J connectivity index is 2.79. The standard InChI is InChI=1S/C18H23N3O4/c1-11(2)16(18(23)24)20-10-14(9-19)17(22)21-12(3)13-5-7-15(25-4)8-6-13/h5-8,10-12,16,20H,1-4H3,(H,21,22)(H,23,24)/b14-10-. The van der Waals surface area contributed by atoms with Crippen molar-refractivity contribution in [3.63, 3.8) is 0 Å². The van der Waals surface area contributed by atoms with Crippen LogP contribution in [0, 0.1) is 17.2 Å². The minimum Gasteiger partial charge on any atom is -0.497 e. The van der Waals surface area contributed by atoms with Crippen LogP contribution in [0.2, 0.25) is 0 Å². The van der Waals surface area contributed by atoms with Gasteiger partial charge in [0.1, 0.15) is 23.4 Å². The number of nitrogens with one attached hydrogen (secondary N) is 2. The Bertz CT molecular complexity index is 675. The van der Waals surface area contributed by atoms with Crippen molar-refractivity contribution in [2.45, 2.75) is 32.9 Å². The summed E-state index contributed by atoms with van der Waals surface area (Å²) in [5.41, 5.74) is 0.664. The Kier molecular flexibility index (Phi) is 7.47. The number of rotatable bonds is 8. The Morgan fingerprint density at radius 1 is 1.24 bits per heavy atom. The fourth-order valence-corrected chi connectivity index (χ4v) is 2.12. The van der Waals surface area contributed by atoms with Crippen LogP contribution in [-0.4, -0.2) is 30.1 Å². The molecule has 0 radical (unpaired) electrons. The summed E-state index contributed by atoms with van der Waals surface area (Å²) in [5.74, 6) is -1.12. The predicted octanol–water partition coefficient (Wildman–Crippen LogP) is 1.98. The number of nitrogens with zero attached hydrogens (tertiary/aromatic N) is 1. The molecule has 7 heteroatoms. The van der Waals surface area contributed by atoms with Gasteiger partial charge in [0.2, 0.25) is 0 Å². The average molecular weight is 345 g/mol. The van der Waals surface area contributed by atoms with Crippen LogP contribution in [0.1, 0.15) is 32.4 Å². The van der Waals surface area contributed by atoms with Gasteiger partial charge >= 0.3 is 5.97 Å². The molecular weight excluding hydrogens is 322 g/mol. The fraction of sp³-hybridized carbons (Fsp3) is 0.389. The molecule has 3 N–H and O–H groups in total. The van der Waals surface area contributed by atoms with E-state index in [2.05, 4.69) is 10.6 Å². The molecule has 2 unspecified atom stereocenters. The molecule has 1 amide bonds. The van der Waals surface area contributed by atoms with E-state index in [1.165, 1.54) is 0 Å². The molecule has 0 heterocycles. The molecule has 0 aliphatic heterocycles. The van der Waals surface area contributed by atoms with Gasteiger partial charge in [0.05, 0.1) is 13.2 Å². The van der Waals surface area contributed by atoms with E-state index in [1.54, 1.807) is 46.1 Å². The molecule has 1 aromatic rings. The number of nitriles is 1. The second-order valence-electron chi connectivity index (χ2n) is 5.86. The highest BCUT2D eigenvalue weighted by molar-refractivity contribution is 5.97. The molecule has 0 fully saturated rings. The minimum absolute atomic E-state index is 0.188. The first-order valence-electron chi connectivity index (χ1n) is 7.84. The van der Waals surface area contributed by atoms with Gasteiger partial charge < -0.3 is 20.5 Å². The summed E-state index contributed by atoms with van der Waals surface area (Å²) < 4.78 is 5.08. The zero-order valence-electron chi connectivity index (χ0n) is 14.7. The van der Waals surface area contributed by atoms with E-state index >= 15 is 0 Å². The Labute approximate surface area is 147 Å². The molecule has 134 valence electrons. The lowest BCUT2D eigenvalue weighted by molar-refractivity contribution is -0.140. The topological polar surface area (TPSA) is 111 Å². The smallest absolute Gasteiger partial charge is 0.326 e. The highest BCUT2D eigenvalue weighted by atomic mass is 16.5. The minimum atomic E-state index is -1.05. The summed E-state index contributed by atoms with van der Waals surface area (Å²) in [4.78, 5) is 23.4. The number of methoxy groups -OCH3 is 1. The monoisotopic (exact) mass is 345 g/mol. The molecule has 0 aliphatic rings. The van der Waals surface area contributed by atoms with Gasteiger partial charge in [-0.3, -0.25) is 4.79 Å². The first-order chi connectivity index (χ1) is 11.8. The van der Waals surface area contributed by atoms with Crippen LogP contribution >= 0.6 is 0 Å². The van der Waals surface area contributed by atoms with E-state index in [-0.39, 0.29) is 17.5 Å². The maximum Gasteiger partial charge on any atom is 0.326 e. The highest BCUT2D eigenvalue weighted by Gasteiger charge is 2.21. The van der Waals surface area contributed by atoms with Crippen LogP contribution in [0.25, 0.3) is 0 Å². The summed E-state index contributed by atoms with van der Waals surface area (Å²) in [6, 6.07) is 7.77. The van der Waals surface area contributed by atoms with E-state index in [0.717, 1.165) is 11.8 Å². The second kappa shape index (κ2) is 9.33. The molecule has 25 heavy (non-hydrogen) atoms. The summed E-state index contributed by atoms with van der Waals surface area (Å²) in [6.45, 7) is 5.26. The van der Waals surface area contributed by atoms with Gasteiger partial charge in [-0.25, -0.2) is 4.79 Å². The van der Waals surface area contributed by atoms with Crippen LogP contribution < -0.4 is 15.4 Å². The molecule has 0 saturated heterocycles. The molecule has 2 atom stereocenters.